The standard InChI is InChI=1S/C28H36N2O5/c1-6-9-22-15-20(3)16-23(10-7-2)30(22)26(32)19-28(21-11-8-12-24(17-21)35-5)18-25(31)29(27(28)33)13-14-34-4/h6-8,11-12,15,17,22-23H,1-2,9-10,13-14,16,18-19H2,3-5H3/t22-,23-,28?/m1/s1. The number of carbonyl (C=O) groups excluding carboxylic acids is 3. The van der Waals surface area contributed by atoms with Crippen LogP contribution in [-0.4, -0.2) is 67.0 Å². The van der Waals surface area contributed by atoms with Crippen LogP contribution in [0.5, 0.6) is 5.75 Å². The van der Waals surface area contributed by atoms with Gasteiger partial charge in [0, 0.05) is 26.0 Å². The summed E-state index contributed by atoms with van der Waals surface area (Å²) in [6.45, 7) is 10.2. The lowest BCUT2D eigenvalue weighted by molar-refractivity contribution is -0.144. The zero-order chi connectivity index (χ0) is 25.6. The Kier molecular flexibility index (Phi) is 8.67. The maximum absolute atomic E-state index is 14.0. The molecule has 0 radical (unpaired) electrons. The Morgan fingerprint density at radius 1 is 1.20 bits per heavy atom. The maximum Gasteiger partial charge on any atom is 0.240 e. The zero-order valence-corrected chi connectivity index (χ0v) is 21.0. The molecule has 1 aromatic carbocycles. The van der Waals surface area contributed by atoms with E-state index in [-0.39, 0.29) is 55.8 Å². The van der Waals surface area contributed by atoms with E-state index in [2.05, 4.69) is 26.2 Å². The number of amides is 3. The molecule has 0 saturated carbocycles. The smallest absolute Gasteiger partial charge is 0.240 e. The summed E-state index contributed by atoms with van der Waals surface area (Å²) in [6, 6.07) is 6.89. The number of imide groups is 1. The SMILES string of the molecule is C=CC[C@@H]1CC(C)=C[C@@H](CC=C)N1C(=O)CC1(c2cccc(OC)c2)CC(=O)N(CCOC)C1=O. The average molecular weight is 481 g/mol. The highest BCUT2D eigenvalue weighted by molar-refractivity contribution is 6.10. The van der Waals surface area contributed by atoms with Crippen molar-refractivity contribution in [2.24, 2.45) is 0 Å². The number of hydrogen-bond acceptors (Lipinski definition) is 5. The molecule has 1 fully saturated rings. The van der Waals surface area contributed by atoms with E-state index >= 15 is 0 Å². The van der Waals surface area contributed by atoms with Gasteiger partial charge in [0.15, 0.2) is 0 Å². The highest BCUT2D eigenvalue weighted by Crippen LogP contribution is 2.42. The maximum atomic E-state index is 14.0. The summed E-state index contributed by atoms with van der Waals surface area (Å²) in [5.41, 5.74) is 0.519. The van der Waals surface area contributed by atoms with Crippen LogP contribution in [0.2, 0.25) is 0 Å². The molecular weight excluding hydrogens is 444 g/mol. The molecule has 0 bridgehead atoms. The van der Waals surface area contributed by atoms with Crippen LogP contribution in [0.4, 0.5) is 0 Å². The molecule has 1 saturated heterocycles. The summed E-state index contributed by atoms with van der Waals surface area (Å²) >= 11 is 0. The number of nitrogens with zero attached hydrogens (tertiary/aromatic N) is 2. The Labute approximate surface area is 208 Å². The molecule has 1 aromatic rings. The third-order valence-corrected chi connectivity index (χ3v) is 6.92. The van der Waals surface area contributed by atoms with Gasteiger partial charge >= 0.3 is 0 Å². The Morgan fingerprint density at radius 2 is 1.94 bits per heavy atom. The van der Waals surface area contributed by atoms with Gasteiger partial charge in [0.05, 0.1) is 31.7 Å². The van der Waals surface area contributed by atoms with Crippen LogP contribution in [-0.2, 0) is 24.5 Å². The Balaban J connectivity index is 2.05. The molecule has 2 aliphatic heterocycles. The van der Waals surface area contributed by atoms with E-state index < -0.39 is 5.41 Å². The highest BCUT2D eigenvalue weighted by atomic mass is 16.5. The van der Waals surface area contributed by atoms with E-state index in [1.165, 1.54) is 17.6 Å². The Morgan fingerprint density at radius 3 is 2.60 bits per heavy atom. The average Bonchev–Trinajstić information content (AvgIpc) is 3.07. The number of rotatable bonds is 11. The summed E-state index contributed by atoms with van der Waals surface area (Å²) in [5, 5.41) is 0. The van der Waals surface area contributed by atoms with Crippen molar-refractivity contribution < 1.29 is 23.9 Å². The Bertz CT molecular complexity index is 1020. The molecule has 3 rings (SSSR count). The van der Waals surface area contributed by atoms with Gasteiger partial charge in [-0.05, 0) is 43.9 Å². The van der Waals surface area contributed by atoms with Crippen LogP contribution < -0.4 is 4.74 Å². The molecule has 3 atom stereocenters. The number of likely N-dealkylation sites (tertiary alicyclic amines) is 1. The van der Waals surface area contributed by atoms with Crippen LogP contribution in [0.1, 0.15) is 44.6 Å². The van der Waals surface area contributed by atoms with Crippen LogP contribution in [0, 0.1) is 0 Å². The minimum Gasteiger partial charge on any atom is -0.497 e. The second-order valence-electron chi connectivity index (χ2n) is 9.30. The number of carbonyl (C=O) groups is 3. The van der Waals surface area contributed by atoms with Crippen LogP contribution in [0.25, 0.3) is 0 Å². The second-order valence-corrected chi connectivity index (χ2v) is 9.30. The summed E-state index contributed by atoms with van der Waals surface area (Å²) in [4.78, 5) is 44.0. The van der Waals surface area contributed by atoms with Crippen molar-refractivity contribution in [2.75, 3.05) is 27.4 Å². The van der Waals surface area contributed by atoms with Crippen LogP contribution >= 0.6 is 0 Å². The van der Waals surface area contributed by atoms with Gasteiger partial charge in [-0.2, -0.15) is 0 Å². The predicted molar refractivity (Wildman–Crippen MR) is 135 cm³/mol. The molecule has 0 spiro atoms. The molecular formula is C28H36N2O5. The first-order valence-corrected chi connectivity index (χ1v) is 12.0. The molecule has 1 unspecified atom stereocenters. The summed E-state index contributed by atoms with van der Waals surface area (Å²) < 4.78 is 10.5. The summed E-state index contributed by atoms with van der Waals surface area (Å²) in [6.07, 6.45) is 7.54. The van der Waals surface area contributed by atoms with Gasteiger partial charge in [-0.1, -0.05) is 35.9 Å². The van der Waals surface area contributed by atoms with Crippen molar-refractivity contribution >= 4 is 17.7 Å². The number of ether oxygens (including phenoxy) is 2. The molecule has 35 heavy (non-hydrogen) atoms. The van der Waals surface area contributed by atoms with E-state index in [0.717, 1.165) is 6.42 Å². The zero-order valence-electron chi connectivity index (χ0n) is 21.0. The molecule has 7 heteroatoms. The predicted octanol–water partition coefficient (Wildman–Crippen LogP) is 3.80. The van der Waals surface area contributed by atoms with Gasteiger partial charge in [-0.3, -0.25) is 19.3 Å². The van der Waals surface area contributed by atoms with E-state index in [4.69, 9.17) is 9.47 Å². The normalized spacial score (nSPS) is 24.4. The number of hydrogen-bond donors (Lipinski definition) is 0. The molecule has 0 aromatic heterocycles. The van der Waals surface area contributed by atoms with Crippen molar-refractivity contribution in [1.82, 2.24) is 9.80 Å². The van der Waals surface area contributed by atoms with Crippen molar-refractivity contribution in [1.29, 1.82) is 0 Å². The lowest BCUT2D eigenvalue weighted by Gasteiger charge is -2.42. The minimum absolute atomic E-state index is 0.0610. The monoisotopic (exact) mass is 480 g/mol. The fourth-order valence-corrected chi connectivity index (χ4v) is 5.29. The largest absolute Gasteiger partial charge is 0.497 e. The minimum atomic E-state index is -1.30. The fourth-order valence-electron chi connectivity index (χ4n) is 5.29. The molecule has 3 amide bonds. The molecule has 2 heterocycles. The Hall–Kier alpha value is -3.19. The van der Waals surface area contributed by atoms with Crippen molar-refractivity contribution in [3.05, 3.63) is 66.8 Å². The molecule has 0 N–H and O–H groups in total. The van der Waals surface area contributed by atoms with Gasteiger partial charge in [-0.25, -0.2) is 0 Å². The lowest BCUT2D eigenvalue weighted by Crippen LogP contribution is -2.51. The lowest BCUT2D eigenvalue weighted by atomic mass is 9.75. The highest BCUT2D eigenvalue weighted by Gasteiger charge is 2.54. The van der Waals surface area contributed by atoms with Gasteiger partial charge in [-0.15, -0.1) is 13.2 Å². The number of methoxy groups -OCH3 is 2. The topological polar surface area (TPSA) is 76.2 Å². The van der Waals surface area contributed by atoms with Crippen LogP contribution in [0.15, 0.2) is 61.2 Å². The third kappa shape index (κ3) is 5.40. The van der Waals surface area contributed by atoms with E-state index in [1.807, 2.05) is 11.0 Å². The van der Waals surface area contributed by atoms with E-state index in [0.29, 0.717) is 24.2 Å². The molecule has 188 valence electrons. The molecule has 0 aliphatic carbocycles. The van der Waals surface area contributed by atoms with E-state index in [1.54, 1.807) is 37.5 Å². The molecule has 2 aliphatic rings. The fraction of sp³-hybridized carbons (Fsp3) is 0.464. The van der Waals surface area contributed by atoms with Crippen molar-refractivity contribution in [2.45, 2.75) is 56.5 Å². The summed E-state index contributed by atoms with van der Waals surface area (Å²) in [5.74, 6) is -0.270. The third-order valence-electron chi connectivity index (χ3n) is 6.92. The van der Waals surface area contributed by atoms with Gasteiger partial charge < -0.3 is 14.4 Å². The van der Waals surface area contributed by atoms with Crippen molar-refractivity contribution in [3.8, 4) is 5.75 Å². The van der Waals surface area contributed by atoms with Crippen molar-refractivity contribution in [3.63, 3.8) is 0 Å². The van der Waals surface area contributed by atoms with E-state index in [9.17, 15) is 14.4 Å². The summed E-state index contributed by atoms with van der Waals surface area (Å²) in [7, 11) is 3.07. The molecule has 7 nitrogen and oxygen atoms in total. The van der Waals surface area contributed by atoms with Gasteiger partial charge in [0.25, 0.3) is 0 Å². The number of benzene rings is 1. The van der Waals surface area contributed by atoms with Gasteiger partial charge in [0.1, 0.15) is 5.75 Å². The first-order chi connectivity index (χ1) is 16.8. The first-order valence-electron chi connectivity index (χ1n) is 12.0. The quantitative estimate of drug-likeness (QED) is 0.356. The van der Waals surface area contributed by atoms with Crippen LogP contribution in [0.3, 0.4) is 0 Å². The first kappa shape index (κ1) is 26.4. The second kappa shape index (κ2) is 11.5. The van der Waals surface area contributed by atoms with Gasteiger partial charge in [0.2, 0.25) is 17.7 Å².